The monoisotopic (exact) mass is 349 g/mol. The minimum atomic E-state index is -0.995. The normalized spacial score (nSPS) is 18.8. The zero-order chi connectivity index (χ0) is 18.4. The number of nitrogens with zero attached hydrogens (tertiary/aromatic N) is 1. The quantitative estimate of drug-likeness (QED) is 0.854. The van der Waals surface area contributed by atoms with Crippen LogP contribution in [0.15, 0.2) is 30.3 Å². The Hall–Kier alpha value is -2.08. The van der Waals surface area contributed by atoms with Crippen molar-refractivity contribution in [2.75, 3.05) is 13.2 Å². The van der Waals surface area contributed by atoms with Gasteiger partial charge < -0.3 is 19.5 Å². The van der Waals surface area contributed by atoms with Gasteiger partial charge in [0.05, 0.1) is 12.6 Å². The predicted octanol–water partition coefficient (Wildman–Crippen LogP) is 3.10. The highest BCUT2D eigenvalue weighted by molar-refractivity contribution is 5.72. The number of carbonyl (C=O) groups excluding carboxylic acids is 1. The number of ether oxygens (including phenoxy) is 2. The van der Waals surface area contributed by atoms with Crippen LogP contribution in [0.1, 0.15) is 39.2 Å². The molecular weight excluding hydrogens is 322 g/mol. The van der Waals surface area contributed by atoms with Crippen molar-refractivity contribution >= 4 is 12.1 Å². The molecule has 1 aliphatic heterocycles. The first-order chi connectivity index (χ1) is 11.8. The van der Waals surface area contributed by atoms with E-state index in [1.165, 1.54) is 0 Å². The molecule has 1 heterocycles. The molecule has 138 valence electrons. The number of benzene rings is 1. The Labute approximate surface area is 148 Å². The van der Waals surface area contributed by atoms with Crippen LogP contribution >= 0.6 is 0 Å². The molecule has 0 aliphatic carbocycles. The second-order valence-electron chi connectivity index (χ2n) is 7.32. The van der Waals surface area contributed by atoms with Crippen LogP contribution in [0.4, 0.5) is 4.79 Å². The van der Waals surface area contributed by atoms with E-state index in [4.69, 9.17) is 9.47 Å². The molecule has 6 nitrogen and oxygen atoms in total. The van der Waals surface area contributed by atoms with E-state index in [9.17, 15) is 14.7 Å². The molecule has 1 fully saturated rings. The first kappa shape index (κ1) is 19.2. The van der Waals surface area contributed by atoms with Crippen LogP contribution in [-0.2, 0) is 20.7 Å². The Kier molecular flexibility index (Phi) is 6.42. The minimum absolute atomic E-state index is 0.146. The number of carboxylic acid groups (broad SMARTS) is 1. The van der Waals surface area contributed by atoms with Gasteiger partial charge in [-0.15, -0.1) is 0 Å². The lowest BCUT2D eigenvalue weighted by atomic mass is 10.1. The van der Waals surface area contributed by atoms with Gasteiger partial charge in [0.25, 0.3) is 0 Å². The van der Waals surface area contributed by atoms with Gasteiger partial charge >= 0.3 is 12.1 Å². The summed E-state index contributed by atoms with van der Waals surface area (Å²) < 4.78 is 11.1. The maximum absolute atomic E-state index is 12.3. The molecule has 2 atom stereocenters. The van der Waals surface area contributed by atoms with Gasteiger partial charge in [-0.3, -0.25) is 0 Å². The van der Waals surface area contributed by atoms with Crippen LogP contribution in [-0.4, -0.2) is 53.0 Å². The van der Waals surface area contributed by atoms with E-state index in [1.807, 2.05) is 51.1 Å². The zero-order valence-corrected chi connectivity index (χ0v) is 15.1. The van der Waals surface area contributed by atoms with Gasteiger partial charge in [-0.25, -0.2) is 9.59 Å². The molecule has 0 radical (unpaired) electrons. The molecule has 25 heavy (non-hydrogen) atoms. The lowest BCUT2D eigenvalue weighted by Crippen LogP contribution is -2.43. The van der Waals surface area contributed by atoms with Gasteiger partial charge in [-0.2, -0.15) is 0 Å². The van der Waals surface area contributed by atoms with Crippen LogP contribution in [0.3, 0.4) is 0 Å². The molecule has 0 saturated carbocycles. The number of hydrogen-bond donors (Lipinski definition) is 1. The maximum atomic E-state index is 12.3. The molecule has 2 rings (SSSR count). The fraction of sp³-hybridized carbons (Fsp3) is 0.579. The summed E-state index contributed by atoms with van der Waals surface area (Å²) in [4.78, 5) is 25.4. The second-order valence-corrected chi connectivity index (χ2v) is 7.32. The molecule has 0 aromatic heterocycles. The van der Waals surface area contributed by atoms with Gasteiger partial charge in [-0.05, 0) is 39.2 Å². The fourth-order valence-electron chi connectivity index (χ4n) is 2.84. The summed E-state index contributed by atoms with van der Waals surface area (Å²) in [6.07, 6.45) is 0.660. The van der Waals surface area contributed by atoms with Gasteiger partial charge in [-0.1, -0.05) is 30.3 Å². The number of amides is 1. The van der Waals surface area contributed by atoms with Crippen molar-refractivity contribution in [2.24, 2.45) is 0 Å². The highest BCUT2D eigenvalue weighted by Gasteiger charge is 2.33. The van der Waals surface area contributed by atoms with Gasteiger partial charge in [0.15, 0.2) is 6.10 Å². The summed E-state index contributed by atoms with van der Waals surface area (Å²) in [5, 5.41) is 9.41. The molecule has 1 aliphatic rings. The average molecular weight is 349 g/mol. The fourth-order valence-corrected chi connectivity index (χ4v) is 2.84. The van der Waals surface area contributed by atoms with Crippen LogP contribution in [0, 0.1) is 0 Å². The summed E-state index contributed by atoms with van der Waals surface area (Å²) in [7, 11) is 0. The van der Waals surface area contributed by atoms with Crippen molar-refractivity contribution in [3.63, 3.8) is 0 Å². The zero-order valence-electron chi connectivity index (χ0n) is 15.1. The molecule has 1 amide bonds. The van der Waals surface area contributed by atoms with Gasteiger partial charge in [0.1, 0.15) is 5.60 Å². The highest BCUT2D eigenvalue weighted by Crippen LogP contribution is 2.21. The highest BCUT2D eigenvalue weighted by atomic mass is 16.6. The Bertz CT molecular complexity index is 581. The number of hydrogen-bond acceptors (Lipinski definition) is 4. The third-order valence-electron chi connectivity index (χ3n) is 4.03. The smallest absolute Gasteiger partial charge is 0.410 e. The van der Waals surface area contributed by atoms with Crippen molar-refractivity contribution < 1.29 is 24.2 Å². The number of rotatable bonds is 6. The van der Waals surface area contributed by atoms with Gasteiger partial charge in [0, 0.05) is 13.0 Å². The summed E-state index contributed by atoms with van der Waals surface area (Å²) in [6.45, 7) is 6.29. The first-order valence-corrected chi connectivity index (χ1v) is 8.64. The van der Waals surface area contributed by atoms with E-state index in [2.05, 4.69) is 0 Å². The van der Waals surface area contributed by atoms with Crippen molar-refractivity contribution in [1.29, 1.82) is 0 Å². The first-order valence-electron chi connectivity index (χ1n) is 8.64. The second kappa shape index (κ2) is 8.34. The molecule has 0 spiro atoms. The lowest BCUT2D eigenvalue weighted by Gasteiger charge is -2.29. The molecule has 1 aromatic rings. The molecule has 0 bridgehead atoms. The molecule has 1 aromatic carbocycles. The number of carboxylic acids is 1. The van der Waals surface area contributed by atoms with Crippen LogP contribution in [0.5, 0.6) is 0 Å². The SMILES string of the molecule is CC(C)(C)OC(=O)N1CCC[C@H]1COC(Cc1ccccc1)C(=O)O. The number of likely N-dealkylation sites (tertiary alicyclic amines) is 1. The molecule has 1 unspecified atom stereocenters. The van der Waals surface area contributed by atoms with Crippen LogP contribution in [0.25, 0.3) is 0 Å². The van der Waals surface area contributed by atoms with E-state index in [0.717, 1.165) is 18.4 Å². The predicted molar refractivity (Wildman–Crippen MR) is 93.5 cm³/mol. The van der Waals surface area contributed by atoms with Crippen molar-refractivity contribution in [3.05, 3.63) is 35.9 Å². The summed E-state index contributed by atoms with van der Waals surface area (Å²) >= 11 is 0. The van der Waals surface area contributed by atoms with Crippen molar-refractivity contribution in [2.45, 2.75) is 57.8 Å². The number of aliphatic carboxylic acids is 1. The van der Waals surface area contributed by atoms with Crippen molar-refractivity contribution in [1.82, 2.24) is 4.90 Å². The lowest BCUT2D eigenvalue weighted by molar-refractivity contribution is -0.151. The van der Waals surface area contributed by atoms with E-state index in [1.54, 1.807) is 4.90 Å². The number of carbonyl (C=O) groups is 2. The van der Waals surface area contributed by atoms with E-state index >= 15 is 0 Å². The molecular formula is C19H27NO5. The Morgan fingerprint density at radius 3 is 2.56 bits per heavy atom. The third kappa shape index (κ3) is 6.05. The van der Waals surface area contributed by atoms with Gasteiger partial charge in [0.2, 0.25) is 0 Å². The molecule has 1 saturated heterocycles. The Morgan fingerprint density at radius 1 is 1.28 bits per heavy atom. The van der Waals surface area contributed by atoms with Crippen LogP contribution in [0.2, 0.25) is 0 Å². The summed E-state index contributed by atoms with van der Waals surface area (Å²) in [6, 6.07) is 9.24. The largest absolute Gasteiger partial charge is 0.479 e. The van der Waals surface area contributed by atoms with E-state index in [-0.39, 0.29) is 18.7 Å². The Balaban J connectivity index is 1.92. The standard InChI is InChI=1S/C19H27NO5/c1-19(2,3)25-18(23)20-11-7-10-15(20)13-24-16(17(21)22)12-14-8-5-4-6-9-14/h4-6,8-9,15-16H,7,10-13H2,1-3H3,(H,21,22)/t15-,16?/m0/s1. The topological polar surface area (TPSA) is 76.1 Å². The van der Waals surface area contributed by atoms with E-state index in [0.29, 0.717) is 13.0 Å². The van der Waals surface area contributed by atoms with E-state index < -0.39 is 17.7 Å². The molecule has 6 heteroatoms. The summed E-state index contributed by atoms with van der Waals surface area (Å²) in [5.41, 5.74) is 0.354. The summed E-state index contributed by atoms with van der Waals surface area (Å²) in [5.74, 6) is -0.995. The third-order valence-corrected chi connectivity index (χ3v) is 4.03. The van der Waals surface area contributed by atoms with Crippen LogP contribution < -0.4 is 0 Å². The minimum Gasteiger partial charge on any atom is -0.479 e. The maximum Gasteiger partial charge on any atom is 0.410 e. The Morgan fingerprint density at radius 2 is 1.96 bits per heavy atom. The average Bonchev–Trinajstić information content (AvgIpc) is 2.99. The van der Waals surface area contributed by atoms with Crippen molar-refractivity contribution in [3.8, 4) is 0 Å². The molecule has 1 N–H and O–H groups in total.